The Labute approximate surface area is 135 Å². The average molecular weight is 312 g/mol. The van der Waals surface area contributed by atoms with Crippen LogP contribution in [0.3, 0.4) is 0 Å². The molecule has 0 unspecified atom stereocenters. The Morgan fingerprint density at radius 2 is 1.96 bits per heavy atom. The van der Waals surface area contributed by atoms with Gasteiger partial charge in [-0.1, -0.05) is 38.3 Å². The van der Waals surface area contributed by atoms with Gasteiger partial charge in [-0.25, -0.2) is 9.37 Å². The summed E-state index contributed by atoms with van der Waals surface area (Å²) in [5.74, 6) is 0.894. The molecule has 0 fully saturated rings. The molecule has 1 heterocycles. The summed E-state index contributed by atoms with van der Waals surface area (Å²) >= 11 is 0. The summed E-state index contributed by atoms with van der Waals surface area (Å²) in [6, 6.07) is 12.5. The van der Waals surface area contributed by atoms with Gasteiger partial charge in [0.25, 0.3) is 0 Å². The van der Waals surface area contributed by atoms with Gasteiger partial charge in [-0.05, 0) is 30.7 Å². The van der Waals surface area contributed by atoms with E-state index in [1.165, 1.54) is 25.0 Å². The van der Waals surface area contributed by atoms with Crippen molar-refractivity contribution in [2.75, 3.05) is 6.61 Å². The van der Waals surface area contributed by atoms with E-state index in [-0.39, 0.29) is 5.82 Å². The minimum absolute atomic E-state index is 0.313. The van der Waals surface area contributed by atoms with Crippen molar-refractivity contribution in [3.63, 3.8) is 0 Å². The van der Waals surface area contributed by atoms with Crippen molar-refractivity contribution in [2.45, 2.75) is 32.6 Å². The van der Waals surface area contributed by atoms with E-state index in [0.29, 0.717) is 23.7 Å². The lowest BCUT2D eigenvalue weighted by Gasteiger charge is -2.07. The molecule has 0 amide bonds. The summed E-state index contributed by atoms with van der Waals surface area (Å²) in [4.78, 5) is 7.73. The predicted octanol–water partition coefficient (Wildman–Crippen LogP) is 5.33. The molecule has 0 aliphatic rings. The summed E-state index contributed by atoms with van der Waals surface area (Å²) in [5, 5.41) is 0. The van der Waals surface area contributed by atoms with Crippen LogP contribution in [0.2, 0.25) is 0 Å². The molecule has 3 rings (SSSR count). The number of para-hydroxylation sites is 2. The van der Waals surface area contributed by atoms with Gasteiger partial charge < -0.3 is 9.72 Å². The number of imidazole rings is 1. The van der Waals surface area contributed by atoms with Gasteiger partial charge in [0.05, 0.1) is 17.6 Å². The molecule has 0 aliphatic carbocycles. The van der Waals surface area contributed by atoms with E-state index in [1.54, 1.807) is 0 Å². The van der Waals surface area contributed by atoms with Gasteiger partial charge in [0.1, 0.15) is 17.4 Å². The maximum atomic E-state index is 13.9. The van der Waals surface area contributed by atoms with Gasteiger partial charge in [-0.2, -0.15) is 0 Å². The Balaban J connectivity index is 1.77. The number of nitrogens with one attached hydrogen (secondary N) is 1. The lowest BCUT2D eigenvalue weighted by atomic mass is 10.2. The fraction of sp³-hybridized carbons (Fsp3) is 0.316. The first-order chi connectivity index (χ1) is 11.3. The molecule has 1 aromatic heterocycles. The van der Waals surface area contributed by atoms with Crippen molar-refractivity contribution in [3.8, 4) is 17.1 Å². The Morgan fingerprint density at radius 1 is 1.09 bits per heavy atom. The minimum Gasteiger partial charge on any atom is -0.493 e. The molecule has 0 saturated heterocycles. The third-order valence-corrected chi connectivity index (χ3v) is 3.80. The number of hydrogen-bond acceptors (Lipinski definition) is 2. The third kappa shape index (κ3) is 3.89. The number of aromatic amines is 1. The number of aromatic nitrogens is 2. The molecule has 120 valence electrons. The zero-order chi connectivity index (χ0) is 16.1. The highest BCUT2D eigenvalue weighted by Gasteiger charge is 2.08. The molecule has 0 atom stereocenters. The van der Waals surface area contributed by atoms with Crippen LogP contribution in [0, 0.1) is 5.82 Å². The third-order valence-electron chi connectivity index (χ3n) is 3.80. The van der Waals surface area contributed by atoms with Gasteiger partial charge in [0.2, 0.25) is 0 Å². The number of rotatable bonds is 7. The first-order valence-corrected chi connectivity index (χ1v) is 8.15. The van der Waals surface area contributed by atoms with Crippen LogP contribution in [0.4, 0.5) is 4.39 Å². The van der Waals surface area contributed by atoms with Crippen molar-refractivity contribution in [1.29, 1.82) is 0 Å². The SMILES string of the molecule is CCCCCCOc1cc(F)cc(-c2nc3ccccc3[nH]2)c1. The monoisotopic (exact) mass is 312 g/mol. The Bertz CT molecular complexity index is 749. The van der Waals surface area contributed by atoms with Crippen molar-refractivity contribution < 1.29 is 9.13 Å². The average Bonchev–Trinajstić information content (AvgIpc) is 2.98. The Morgan fingerprint density at radius 3 is 2.78 bits per heavy atom. The van der Waals surface area contributed by atoms with Crippen LogP contribution in [0.5, 0.6) is 5.75 Å². The second kappa shape index (κ2) is 7.27. The van der Waals surface area contributed by atoms with Crippen LogP contribution in [-0.4, -0.2) is 16.6 Å². The Kier molecular flexibility index (Phi) is 4.91. The Hall–Kier alpha value is -2.36. The first kappa shape index (κ1) is 15.5. The van der Waals surface area contributed by atoms with Crippen LogP contribution >= 0.6 is 0 Å². The maximum absolute atomic E-state index is 13.9. The summed E-state index contributed by atoms with van der Waals surface area (Å²) in [7, 11) is 0. The van der Waals surface area contributed by atoms with Gasteiger partial charge in [0, 0.05) is 11.6 Å². The van der Waals surface area contributed by atoms with Gasteiger partial charge >= 0.3 is 0 Å². The number of ether oxygens (including phenoxy) is 1. The molecule has 0 bridgehead atoms. The van der Waals surface area contributed by atoms with Gasteiger partial charge in [-0.3, -0.25) is 0 Å². The highest BCUT2D eigenvalue weighted by Crippen LogP contribution is 2.25. The quantitative estimate of drug-likeness (QED) is 0.599. The van der Waals surface area contributed by atoms with Crippen LogP contribution < -0.4 is 4.74 Å². The normalized spacial score (nSPS) is 11.0. The number of benzene rings is 2. The number of hydrogen-bond donors (Lipinski definition) is 1. The largest absolute Gasteiger partial charge is 0.493 e. The molecule has 23 heavy (non-hydrogen) atoms. The van der Waals surface area contributed by atoms with E-state index in [0.717, 1.165) is 23.9 Å². The molecule has 4 heteroatoms. The van der Waals surface area contributed by atoms with E-state index >= 15 is 0 Å². The number of fused-ring (bicyclic) bond motifs is 1. The van der Waals surface area contributed by atoms with Crippen molar-refractivity contribution in [3.05, 3.63) is 48.3 Å². The highest BCUT2D eigenvalue weighted by molar-refractivity contribution is 5.79. The summed E-state index contributed by atoms with van der Waals surface area (Å²) in [6.45, 7) is 2.79. The number of H-pyrrole nitrogens is 1. The van der Waals surface area contributed by atoms with E-state index in [2.05, 4.69) is 16.9 Å². The molecule has 3 nitrogen and oxygen atoms in total. The molecule has 0 aliphatic heterocycles. The second-order valence-electron chi connectivity index (χ2n) is 5.69. The summed E-state index contributed by atoms with van der Waals surface area (Å²) < 4.78 is 19.6. The van der Waals surface area contributed by atoms with Crippen LogP contribution in [-0.2, 0) is 0 Å². The lowest BCUT2D eigenvalue weighted by molar-refractivity contribution is 0.304. The fourth-order valence-corrected chi connectivity index (χ4v) is 2.59. The summed E-state index contributed by atoms with van der Waals surface area (Å²) in [5.41, 5.74) is 2.51. The first-order valence-electron chi connectivity index (χ1n) is 8.15. The molecule has 2 aromatic carbocycles. The van der Waals surface area contributed by atoms with E-state index < -0.39 is 0 Å². The van der Waals surface area contributed by atoms with Crippen molar-refractivity contribution in [2.24, 2.45) is 0 Å². The number of unbranched alkanes of at least 4 members (excludes halogenated alkanes) is 3. The zero-order valence-electron chi connectivity index (χ0n) is 13.3. The standard InChI is InChI=1S/C19H21FN2O/c1-2-3-4-7-10-23-16-12-14(11-15(20)13-16)19-21-17-8-5-6-9-18(17)22-19/h5-6,8-9,11-13H,2-4,7,10H2,1H3,(H,21,22). The van der Waals surface area contributed by atoms with Crippen LogP contribution in [0.25, 0.3) is 22.4 Å². The number of halogens is 1. The van der Waals surface area contributed by atoms with Gasteiger partial charge in [0.15, 0.2) is 0 Å². The van der Waals surface area contributed by atoms with Crippen molar-refractivity contribution >= 4 is 11.0 Å². The highest BCUT2D eigenvalue weighted by atomic mass is 19.1. The molecule has 0 saturated carbocycles. The molecular weight excluding hydrogens is 291 g/mol. The second-order valence-corrected chi connectivity index (χ2v) is 5.69. The fourth-order valence-electron chi connectivity index (χ4n) is 2.59. The van der Waals surface area contributed by atoms with E-state index in [9.17, 15) is 4.39 Å². The van der Waals surface area contributed by atoms with Crippen LogP contribution in [0.1, 0.15) is 32.6 Å². The maximum Gasteiger partial charge on any atom is 0.138 e. The molecule has 0 spiro atoms. The number of nitrogens with zero attached hydrogens (tertiary/aromatic N) is 1. The zero-order valence-corrected chi connectivity index (χ0v) is 13.3. The predicted molar refractivity (Wildman–Crippen MR) is 91.1 cm³/mol. The molecule has 1 N–H and O–H groups in total. The van der Waals surface area contributed by atoms with E-state index in [1.807, 2.05) is 30.3 Å². The van der Waals surface area contributed by atoms with Crippen molar-refractivity contribution in [1.82, 2.24) is 9.97 Å². The minimum atomic E-state index is -0.313. The molecule has 0 radical (unpaired) electrons. The lowest BCUT2D eigenvalue weighted by Crippen LogP contribution is -1.98. The van der Waals surface area contributed by atoms with Gasteiger partial charge in [-0.15, -0.1) is 0 Å². The summed E-state index contributed by atoms with van der Waals surface area (Å²) in [6.07, 6.45) is 4.53. The van der Waals surface area contributed by atoms with Crippen LogP contribution in [0.15, 0.2) is 42.5 Å². The molecular formula is C19H21FN2O. The topological polar surface area (TPSA) is 37.9 Å². The molecule has 3 aromatic rings. The van der Waals surface area contributed by atoms with E-state index in [4.69, 9.17) is 4.74 Å². The smallest absolute Gasteiger partial charge is 0.138 e.